The predicted molar refractivity (Wildman–Crippen MR) is 58.3 cm³/mol. The van der Waals surface area contributed by atoms with Gasteiger partial charge in [0.15, 0.2) is 0 Å². The molecule has 1 aliphatic carbocycles. The van der Waals surface area contributed by atoms with Gasteiger partial charge in [-0.2, -0.15) is 0 Å². The minimum absolute atomic E-state index is 1.05. The highest BCUT2D eigenvalue weighted by molar-refractivity contribution is 5.05. The van der Waals surface area contributed by atoms with E-state index in [1.54, 1.807) is 0 Å². The average molecular weight is 173 g/mol. The van der Waals surface area contributed by atoms with E-state index in [9.17, 15) is 0 Å². The minimum Gasteiger partial charge on any atom is -0.0879 e. The molecule has 0 nitrogen and oxygen atoms in total. The van der Waals surface area contributed by atoms with Crippen LogP contribution in [0.4, 0.5) is 0 Å². The topological polar surface area (TPSA) is 0 Å². The molecule has 0 N–H and O–H groups in total. The lowest BCUT2D eigenvalue weighted by molar-refractivity contribution is 0.983. The third kappa shape index (κ3) is 6.15. The van der Waals surface area contributed by atoms with E-state index in [1.807, 2.05) is 0 Å². The third-order valence-electron chi connectivity index (χ3n) is 1.90. The van der Waals surface area contributed by atoms with Gasteiger partial charge >= 0.3 is 0 Å². The van der Waals surface area contributed by atoms with Gasteiger partial charge < -0.3 is 0 Å². The molecule has 0 heteroatoms. The Balaban J connectivity index is 2.38. The summed E-state index contributed by atoms with van der Waals surface area (Å²) >= 11 is 0. The fourth-order valence-corrected chi connectivity index (χ4v) is 1.17. The molecular weight excluding hydrogens is 156 g/mol. The van der Waals surface area contributed by atoms with Gasteiger partial charge in [0.25, 0.3) is 0 Å². The highest BCUT2D eigenvalue weighted by Crippen LogP contribution is 1.99. The zero-order chi connectivity index (χ0) is 9.19. The van der Waals surface area contributed by atoms with Crippen molar-refractivity contribution >= 4 is 0 Å². The minimum atomic E-state index is 1.05. The first kappa shape index (κ1) is 10.0. The quantitative estimate of drug-likeness (QED) is 0.486. The van der Waals surface area contributed by atoms with Crippen LogP contribution in [-0.4, -0.2) is 0 Å². The van der Waals surface area contributed by atoms with E-state index in [1.165, 1.54) is 0 Å². The summed E-state index contributed by atoms with van der Waals surface area (Å²) in [4.78, 5) is 0. The van der Waals surface area contributed by atoms with E-state index in [2.05, 4.69) is 48.6 Å². The number of hydrogen-bond donors (Lipinski definition) is 0. The van der Waals surface area contributed by atoms with E-state index in [0.29, 0.717) is 0 Å². The molecule has 0 aromatic heterocycles. The second kappa shape index (κ2) is 7.60. The molecule has 0 amide bonds. The summed E-state index contributed by atoms with van der Waals surface area (Å²) in [5, 5.41) is 0. The molecule has 69 valence electrons. The molecule has 1 radical (unpaired) electrons. The standard InChI is InChI=1S/C13H17/c1-2-4-6-8-10-12-13-11-9-7-5-3-1/h1-4,7,9,12H,5-6,8,11,13H2. The number of hydrogen-bond acceptors (Lipinski definition) is 0. The summed E-state index contributed by atoms with van der Waals surface area (Å²) in [6.07, 6.45) is 24.0. The molecule has 0 spiro atoms. The van der Waals surface area contributed by atoms with Gasteiger partial charge in [-0.05, 0) is 38.2 Å². The third-order valence-corrected chi connectivity index (χ3v) is 1.90. The number of rotatable bonds is 0. The molecule has 0 unspecified atom stereocenters. The van der Waals surface area contributed by atoms with E-state index >= 15 is 0 Å². The first-order valence-corrected chi connectivity index (χ1v) is 5.02. The van der Waals surface area contributed by atoms with Crippen LogP contribution in [0.25, 0.3) is 0 Å². The Morgan fingerprint density at radius 2 is 1.69 bits per heavy atom. The van der Waals surface area contributed by atoms with Crippen molar-refractivity contribution in [1.82, 2.24) is 0 Å². The summed E-state index contributed by atoms with van der Waals surface area (Å²) in [7, 11) is 0. The van der Waals surface area contributed by atoms with Crippen molar-refractivity contribution in [2.24, 2.45) is 0 Å². The van der Waals surface area contributed by atoms with Gasteiger partial charge in [0.05, 0.1) is 0 Å². The van der Waals surface area contributed by atoms with E-state index < -0.39 is 0 Å². The van der Waals surface area contributed by atoms with Gasteiger partial charge in [-0.25, -0.2) is 0 Å². The Bertz CT molecular complexity index is 216. The highest BCUT2D eigenvalue weighted by atomic mass is 13.9. The molecule has 0 atom stereocenters. The maximum absolute atomic E-state index is 3.29. The van der Waals surface area contributed by atoms with Gasteiger partial charge in [0.1, 0.15) is 0 Å². The highest BCUT2D eigenvalue weighted by Gasteiger charge is 1.80. The fraction of sp³-hybridized carbons (Fsp3) is 0.385. The molecule has 0 bridgehead atoms. The van der Waals surface area contributed by atoms with Crippen LogP contribution in [0.2, 0.25) is 0 Å². The molecule has 0 heterocycles. The van der Waals surface area contributed by atoms with Crippen LogP contribution in [0.5, 0.6) is 0 Å². The maximum Gasteiger partial charge on any atom is -0.0166 e. The Morgan fingerprint density at radius 3 is 2.69 bits per heavy atom. The summed E-state index contributed by atoms with van der Waals surface area (Å²) in [5.74, 6) is 0. The zero-order valence-corrected chi connectivity index (χ0v) is 8.08. The van der Waals surface area contributed by atoms with E-state index in [4.69, 9.17) is 0 Å². The average Bonchev–Trinajstić information content (AvgIpc) is 2.18. The first-order valence-electron chi connectivity index (χ1n) is 5.02. The van der Waals surface area contributed by atoms with Crippen LogP contribution in [0, 0.1) is 6.08 Å². The Morgan fingerprint density at radius 1 is 0.769 bits per heavy atom. The molecule has 1 rings (SSSR count). The van der Waals surface area contributed by atoms with Crippen molar-refractivity contribution in [2.75, 3.05) is 0 Å². The maximum atomic E-state index is 3.29. The van der Waals surface area contributed by atoms with Gasteiger partial charge in [-0.3, -0.25) is 0 Å². The second-order valence-corrected chi connectivity index (χ2v) is 3.09. The fourth-order valence-electron chi connectivity index (χ4n) is 1.17. The summed E-state index contributed by atoms with van der Waals surface area (Å²) in [6.45, 7) is 0. The van der Waals surface area contributed by atoms with Crippen LogP contribution >= 0.6 is 0 Å². The molecule has 0 saturated heterocycles. The normalized spacial score (nSPS) is 19.1. The van der Waals surface area contributed by atoms with Gasteiger partial charge in [0.2, 0.25) is 0 Å². The second-order valence-electron chi connectivity index (χ2n) is 3.09. The number of allylic oxidation sites excluding steroid dienone is 8. The smallest absolute Gasteiger partial charge is 0.0166 e. The summed E-state index contributed by atoms with van der Waals surface area (Å²) in [5.41, 5.74) is 0. The van der Waals surface area contributed by atoms with Gasteiger partial charge in [0, 0.05) is 0 Å². The molecule has 0 saturated carbocycles. The predicted octanol–water partition coefficient (Wildman–Crippen LogP) is 3.98. The van der Waals surface area contributed by atoms with Crippen molar-refractivity contribution in [3.8, 4) is 0 Å². The molecule has 0 aromatic carbocycles. The van der Waals surface area contributed by atoms with Crippen LogP contribution in [-0.2, 0) is 0 Å². The van der Waals surface area contributed by atoms with Crippen molar-refractivity contribution in [2.45, 2.75) is 32.1 Å². The zero-order valence-electron chi connectivity index (χ0n) is 8.08. The summed E-state index contributed by atoms with van der Waals surface area (Å²) in [6, 6.07) is 0. The van der Waals surface area contributed by atoms with Crippen molar-refractivity contribution < 1.29 is 0 Å². The van der Waals surface area contributed by atoms with Crippen molar-refractivity contribution in [3.05, 3.63) is 48.6 Å². The lowest BCUT2D eigenvalue weighted by Crippen LogP contribution is -1.67. The van der Waals surface area contributed by atoms with E-state index in [-0.39, 0.29) is 0 Å². The van der Waals surface area contributed by atoms with E-state index in [0.717, 1.165) is 32.1 Å². The van der Waals surface area contributed by atoms with Crippen molar-refractivity contribution in [1.29, 1.82) is 0 Å². The van der Waals surface area contributed by atoms with Gasteiger partial charge in [-0.15, -0.1) is 0 Å². The molecule has 13 heavy (non-hydrogen) atoms. The van der Waals surface area contributed by atoms with Crippen LogP contribution in [0.15, 0.2) is 42.5 Å². The Kier molecular flexibility index (Phi) is 5.87. The van der Waals surface area contributed by atoms with Crippen LogP contribution in [0.3, 0.4) is 0 Å². The SMILES string of the molecule is [C]1=CCCC=CCC=CC=CCC1. The lowest BCUT2D eigenvalue weighted by Gasteiger charge is -1.86. The molecular formula is C13H17. The molecule has 0 aliphatic heterocycles. The van der Waals surface area contributed by atoms with Crippen molar-refractivity contribution in [3.63, 3.8) is 0 Å². The van der Waals surface area contributed by atoms with Crippen LogP contribution in [0.1, 0.15) is 32.1 Å². The molecule has 1 aliphatic rings. The molecule has 0 fully saturated rings. The van der Waals surface area contributed by atoms with Gasteiger partial charge in [-0.1, -0.05) is 42.5 Å². The summed E-state index contributed by atoms with van der Waals surface area (Å²) < 4.78 is 0. The first-order chi connectivity index (χ1) is 6.50. The Hall–Kier alpha value is -1.04. The van der Waals surface area contributed by atoms with Crippen LogP contribution < -0.4 is 0 Å². The monoisotopic (exact) mass is 173 g/mol. The molecule has 0 aromatic rings. The largest absolute Gasteiger partial charge is 0.0879 e. The Labute approximate surface area is 81.4 Å². The lowest BCUT2D eigenvalue weighted by atomic mass is 10.2.